The molecule has 0 saturated heterocycles. The molecule has 1 fully saturated rings. The number of hydroxylamine groups is 2. The topological polar surface area (TPSA) is 49.8 Å². The Hall–Kier alpha value is -2.59. The van der Waals surface area contributed by atoms with Crippen molar-refractivity contribution in [2.75, 3.05) is 0 Å². The summed E-state index contributed by atoms with van der Waals surface area (Å²) < 4.78 is 5.72. The Morgan fingerprint density at radius 2 is 1.74 bits per heavy atom. The van der Waals surface area contributed by atoms with Crippen LogP contribution in [0.3, 0.4) is 0 Å². The summed E-state index contributed by atoms with van der Waals surface area (Å²) >= 11 is 0. The van der Waals surface area contributed by atoms with Crippen molar-refractivity contribution in [1.29, 1.82) is 0 Å². The van der Waals surface area contributed by atoms with Crippen LogP contribution in [0.4, 0.5) is 0 Å². The van der Waals surface area contributed by atoms with Crippen LogP contribution in [-0.2, 0) is 11.3 Å². The smallest absolute Gasteiger partial charge is 0.160 e. The van der Waals surface area contributed by atoms with E-state index in [1.54, 1.807) is 0 Å². The lowest BCUT2D eigenvalue weighted by atomic mass is 10.2. The summed E-state index contributed by atoms with van der Waals surface area (Å²) in [4.78, 5) is 11.5. The van der Waals surface area contributed by atoms with E-state index in [2.05, 4.69) is 0 Å². The van der Waals surface area contributed by atoms with Crippen molar-refractivity contribution in [3.8, 4) is 11.5 Å². The fourth-order valence-corrected chi connectivity index (χ4v) is 2.19. The van der Waals surface area contributed by atoms with Crippen LogP contribution in [0.2, 0.25) is 0 Å². The third-order valence-electron chi connectivity index (χ3n) is 3.64. The molecule has 4 heteroatoms. The Morgan fingerprint density at radius 1 is 1.09 bits per heavy atom. The van der Waals surface area contributed by atoms with E-state index < -0.39 is 0 Å². The van der Waals surface area contributed by atoms with Crippen LogP contribution in [0.1, 0.15) is 18.4 Å². The molecule has 0 unspecified atom stereocenters. The molecule has 2 aromatic carbocycles. The predicted molar refractivity (Wildman–Crippen MR) is 87.2 cm³/mol. The number of para-hydroxylation sites is 1. The molecule has 0 aromatic heterocycles. The summed E-state index contributed by atoms with van der Waals surface area (Å²) in [6.07, 6.45) is 4.81. The number of hydrogen-bond donors (Lipinski definition) is 1. The average Bonchev–Trinajstić information content (AvgIpc) is 3.40. The van der Waals surface area contributed by atoms with Gasteiger partial charge in [-0.15, -0.1) is 0 Å². The third kappa shape index (κ3) is 4.69. The maximum Gasteiger partial charge on any atom is 0.160 e. The van der Waals surface area contributed by atoms with Crippen LogP contribution in [0.5, 0.6) is 11.5 Å². The van der Waals surface area contributed by atoms with Crippen molar-refractivity contribution in [2.45, 2.75) is 19.4 Å². The van der Waals surface area contributed by atoms with Crippen molar-refractivity contribution in [1.82, 2.24) is 5.06 Å². The lowest BCUT2D eigenvalue weighted by molar-refractivity contribution is -0.116. The summed E-state index contributed by atoms with van der Waals surface area (Å²) in [6.45, 7) is 0.320. The minimum Gasteiger partial charge on any atom is -0.457 e. The first-order chi connectivity index (χ1) is 11.2. The number of ketones is 1. The quantitative estimate of drug-likeness (QED) is 0.616. The van der Waals surface area contributed by atoms with Gasteiger partial charge in [-0.05, 0) is 48.7 Å². The molecule has 1 N–H and O–H groups in total. The van der Waals surface area contributed by atoms with E-state index in [0.717, 1.165) is 35.0 Å². The normalized spacial score (nSPS) is 14.0. The first kappa shape index (κ1) is 15.3. The molecular formula is C19H19NO3. The molecule has 0 spiro atoms. The fraction of sp³-hybridized carbons (Fsp3) is 0.211. The molecule has 0 aliphatic heterocycles. The second-order valence-corrected chi connectivity index (χ2v) is 5.65. The zero-order chi connectivity index (χ0) is 16.1. The monoisotopic (exact) mass is 309 g/mol. The van der Waals surface area contributed by atoms with Crippen molar-refractivity contribution in [3.05, 3.63) is 72.4 Å². The van der Waals surface area contributed by atoms with E-state index in [1.165, 1.54) is 12.3 Å². The summed E-state index contributed by atoms with van der Waals surface area (Å²) in [5.74, 6) is 1.79. The molecular weight excluding hydrogens is 290 g/mol. The molecule has 3 rings (SSSR count). The first-order valence-electron chi connectivity index (χ1n) is 7.70. The van der Waals surface area contributed by atoms with E-state index in [4.69, 9.17) is 4.74 Å². The Balaban J connectivity index is 1.53. The van der Waals surface area contributed by atoms with Gasteiger partial charge in [0.1, 0.15) is 11.5 Å². The number of benzene rings is 2. The zero-order valence-electron chi connectivity index (χ0n) is 12.8. The number of nitrogens with zero attached hydrogens (tertiary/aromatic N) is 1. The van der Waals surface area contributed by atoms with Gasteiger partial charge in [-0.3, -0.25) is 15.1 Å². The standard InChI is InChI=1S/C19H19NO3/c21-19(16-8-9-16)12-13-20(22)14-15-6-10-18(11-7-15)23-17-4-2-1-3-5-17/h1-7,10-13,16,22H,8-9,14H2/b13-12-. The van der Waals surface area contributed by atoms with Crippen molar-refractivity contribution >= 4 is 5.78 Å². The van der Waals surface area contributed by atoms with Crippen molar-refractivity contribution in [2.24, 2.45) is 5.92 Å². The number of ether oxygens (including phenoxy) is 1. The van der Waals surface area contributed by atoms with Gasteiger partial charge >= 0.3 is 0 Å². The Labute approximate surface area is 135 Å². The van der Waals surface area contributed by atoms with E-state index in [-0.39, 0.29) is 11.7 Å². The predicted octanol–water partition coefficient (Wildman–Crippen LogP) is 4.16. The highest BCUT2D eigenvalue weighted by Gasteiger charge is 2.27. The SMILES string of the molecule is O=C(/C=C\N(O)Cc1ccc(Oc2ccccc2)cc1)C1CC1. The average molecular weight is 309 g/mol. The molecule has 4 nitrogen and oxygen atoms in total. The minimum absolute atomic E-state index is 0.0932. The second kappa shape index (κ2) is 7.11. The molecule has 0 amide bonds. The highest BCUT2D eigenvalue weighted by atomic mass is 16.5. The lowest BCUT2D eigenvalue weighted by Gasteiger charge is -2.12. The number of carbonyl (C=O) groups is 1. The van der Waals surface area contributed by atoms with Gasteiger partial charge in [0.05, 0.1) is 6.54 Å². The van der Waals surface area contributed by atoms with Gasteiger partial charge in [0, 0.05) is 12.1 Å². The first-order valence-corrected chi connectivity index (χ1v) is 7.70. The molecule has 0 heterocycles. The van der Waals surface area contributed by atoms with E-state index >= 15 is 0 Å². The highest BCUT2D eigenvalue weighted by molar-refractivity contribution is 5.93. The molecule has 118 valence electrons. The van der Waals surface area contributed by atoms with Crippen LogP contribution < -0.4 is 4.74 Å². The van der Waals surface area contributed by atoms with Gasteiger partial charge < -0.3 is 4.74 Å². The van der Waals surface area contributed by atoms with Gasteiger partial charge in [-0.2, -0.15) is 0 Å². The molecule has 2 aromatic rings. The van der Waals surface area contributed by atoms with E-state index in [0.29, 0.717) is 6.54 Å². The fourth-order valence-electron chi connectivity index (χ4n) is 2.19. The van der Waals surface area contributed by atoms with Crippen LogP contribution in [0.15, 0.2) is 66.9 Å². The van der Waals surface area contributed by atoms with Gasteiger partial charge in [0.15, 0.2) is 5.78 Å². The van der Waals surface area contributed by atoms with Gasteiger partial charge in [-0.1, -0.05) is 30.3 Å². The summed E-state index contributed by atoms with van der Waals surface area (Å²) in [6, 6.07) is 17.1. The number of carbonyl (C=O) groups excluding carboxylic acids is 1. The molecule has 0 radical (unpaired) electrons. The number of hydrogen-bond acceptors (Lipinski definition) is 4. The number of allylic oxidation sites excluding steroid dienone is 1. The third-order valence-corrected chi connectivity index (χ3v) is 3.64. The van der Waals surface area contributed by atoms with Gasteiger partial charge in [-0.25, -0.2) is 0 Å². The minimum atomic E-state index is 0.0932. The summed E-state index contributed by atoms with van der Waals surface area (Å²) in [5, 5.41) is 10.8. The van der Waals surface area contributed by atoms with Crippen LogP contribution in [-0.4, -0.2) is 16.1 Å². The number of rotatable bonds is 7. The highest BCUT2D eigenvalue weighted by Crippen LogP contribution is 2.30. The molecule has 1 saturated carbocycles. The van der Waals surface area contributed by atoms with Crippen molar-refractivity contribution < 1.29 is 14.7 Å². The molecule has 1 aliphatic rings. The van der Waals surface area contributed by atoms with Crippen LogP contribution in [0.25, 0.3) is 0 Å². The molecule has 1 aliphatic carbocycles. The zero-order valence-corrected chi connectivity index (χ0v) is 12.8. The Morgan fingerprint density at radius 3 is 2.39 bits per heavy atom. The maximum absolute atomic E-state index is 11.5. The summed E-state index contributed by atoms with van der Waals surface area (Å²) in [7, 11) is 0. The van der Waals surface area contributed by atoms with Crippen LogP contribution >= 0.6 is 0 Å². The van der Waals surface area contributed by atoms with Gasteiger partial charge in [0.2, 0.25) is 0 Å². The van der Waals surface area contributed by atoms with E-state index in [9.17, 15) is 10.0 Å². The Bertz CT molecular complexity index is 676. The largest absolute Gasteiger partial charge is 0.457 e. The summed E-state index contributed by atoms with van der Waals surface area (Å²) in [5.41, 5.74) is 0.927. The van der Waals surface area contributed by atoms with Gasteiger partial charge in [0.25, 0.3) is 0 Å². The maximum atomic E-state index is 11.5. The van der Waals surface area contributed by atoms with E-state index in [1.807, 2.05) is 54.6 Å². The molecule has 23 heavy (non-hydrogen) atoms. The molecule has 0 atom stereocenters. The van der Waals surface area contributed by atoms with Crippen LogP contribution in [0, 0.1) is 5.92 Å². The second-order valence-electron chi connectivity index (χ2n) is 5.65. The van der Waals surface area contributed by atoms with Crippen molar-refractivity contribution in [3.63, 3.8) is 0 Å². The lowest BCUT2D eigenvalue weighted by Crippen LogP contribution is -2.12. The molecule has 0 bridgehead atoms. The Kier molecular flexibility index (Phi) is 4.74.